The second-order valence-corrected chi connectivity index (χ2v) is 2.66. The lowest BCUT2D eigenvalue weighted by atomic mass is 10.1. The van der Waals surface area contributed by atoms with Crippen LogP contribution >= 0.6 is 0 Å². The molecular weight excluding hydrogens is 223 g/mol. The van der Waals surface area contributed by atoms with Gasteiger partial charge < -0.3 is 10.7 Å². The van der Waals surface area contributed by atoms with Crippen molar-refractivity contribution in [3.8, 4) is 0 Å². The molecule has 0 amide bonds. The van der Waals surface area contributed by atoms with Crippen molar-refractivity contribution >= 4 is 5.69 Å². The first-order valence-electron chi connectivity index (χ1n) is 3.61. The monoisotopic (exact) mass is 228 g/mol. The van der Waals surface area contributed by atoms with E-state index in [9.17, 15) is 26.7 Å². The summed E-state index contributed by atoms with van der Waals surface area (Å²) >= 11 is 0. The predicted octanol–water partition coefficient (Wildman–Crippen LogP) is 1.91. The Morgan fingerprint density at radius 2 is 1.87 bits per heavy atom. The number of alkyl halides is 5. The molecule has 0 saturated heterocycles. The molecule has 3 N–H and O–H groups in total. The van der Waals surface area contributed by atoms with Crippen LogP contribution in [0.5, 0.6) is 0 Å². The van der Waals surface area contributed by atoms with Crippen molar-refractivity contribution in [2.24, 2.45) is 0 Å². The van der Waals surface area contributed by atoms with Gasteiger partial charge in [0.1, 0.15) is 5.56 Å². The van der Waals surface area contributed by atoms with Crippen LogP contribution in [0.25, 0.3) is 0 Å². The molecule has 15 heavy (non-hydrogen) atoms. The van der Waals surface area contributed by atoms with Gasteiger partial charge in [-0.2, -0.15) is 13.2 Å². The van der Waals surface area contributed by atoms with Gasteiger partial charge in [0.05, 0.1) is 11.3 Å². The zero-order valence-corrected chi connectivity index (χ0v) is 7.03. The summed E-state index contributed by atoms with van der Waals surface area (Å²) in [6.45, 7) is 0. The molecule has 0 aliphatic heterocycles. The lowest BCUT2D eigenvalue weighted by Crippen LogP contribution is -2.21. The molecule has 1 aromatic rings. The Labute approximate surface area is 79.7 Å². The number of nitrogens with one attached hydrogen (secondary N) is 1. The van der Waals surface area contributed by atoms with Gasteiger partial charge in [0.2, 0.25) is 0 Å². The second-order valence-electron chi connectivity index (χ2n) is 2.66. The molecule has 0 saturated carbocycles. The average Bonchev–Trinajstić information content (AvgIpc) is 2.00. The highest BCUT2D eigenvalue weighted by Crippen LogP contribution is 2.35. The normalized spacial score (nSPS) is 12.1. The van der Waals surface area contributed by atoms with E-state index in [1.807, 2.05) is 0 Å². The van der Waals surface area contributed by atoms with Crippen molar-refractivity contribution in [3.63, 3.8) is 0 Å². The molecule has 8 heteroatoms. The Morgan fingerprint density at radius 3 is 2.27 bits per heavy atom. The zero-order chi connectivity index (χ0) is 11.8. The van der Waals surface area contributed by atoms with Crippen LogP contribution in [0.4, 0.5) is 27.6 Å². The van der Waals surface area contributed by atoms with Crippen LogP contribution in [0.2, 0.25) is 0 Å². The molecule has 1 aromatic heterocycles. The van der Waals surface area contributed by atoms with E-state index in [-0.39, 0.29) is 6.20 Å². The number of aromatic amines is 1. The van der Waals surface area contributed by atoms with Crippen LogP contribution in [0.1, 0.15) is 17.6 Å². The van der Waals surface area contributed by atoms with Crippen LogP contribution < -0.4 is 11.3 Å². The van der Waals surface area contributed by atoms with Gasteiger partial charge in [-0.15, -0.1) is 0 Å². The molecule has 1 rings (SSSR count). The summed E-state index contributed by atoms with van der Waals surface area (Å²) in [6.07, 6.45) is -7.96. The number of nitrogen functional groups attached to an aromatic ring is 1. The highest BCUT2D eigenvalue weighted by atomic mass is 19.4. The van der Waals surface area contributed by atoms with Crippen molar-refractivity contribution in [1.29, 1.82) is 0 Å². The van der Waals surface area contributed by atoms with Gasteiger partial charge in [-0.05, 0) is 0 Å². The van der Waals surface area contributed by atoms with Crippen molar-refractivity contribution < 1.29 is 22.0 Å². The maximum absolute atomic E-state index is 12.2. The Kier molecular flexibility index (Phi) is 2.69. The summed E-state index contributed by atoms with van der Waals surface area (Å²) in [5, 5.41) is 0. The van der Waals surface area contributed by atoms with E-state index in [1.165, 1.54) is 0 Å². The number of hydrogen-bond donors (Lipinski definition) is 2. The summed E-state index contributed by atoms with van der Waals surface area (Å²) in [5.74, 6) is 0. The molecule has 0 unspecified atom stereocenters. The molecule has 0 aliphatic carbocycles. The molecular formula is C7H5F5N2O. The van der Waals surface area contributed by atoms with Crippen LogP contribution in [-0.4, -0.2) is 4.98 Å². The minimum absolute atomic E-state index is 0.267. The van der Waals surface area contributed by atoms with Crippen molar-refractivity contribution in [3.05, 3.63) is 27.7 Å². The Morgan fingerprint density at radius 1 is 1.33 bits per heavy atom. The van der Waals surface area contributed by atoms with E-state index in [2.05, 4.69) is 0 Å². The Balaban J connectivity index is 3.49. The van der Waals surface area contributed by atoms with Crippen LogP contribution in [0, 0.1) is 0 Å². The van der Waals surface area contributed by atoms with Crippen molar-refractivity contribution in [2.45, 2.75) is 12.6 Å². The zero-order valence-electron chi connectivity index (χ0n) is 7.03. The van der Waals surface area contributed by atoms with Crippen molar-refractivity contribution in [1.82, 2.24) is 4.98 Å². The molecule has 0 fully saturated rings. The molecule has 0 atom stereocenters. The van der Waals surface area contributed by atoms with Crippen LogP contribution in [0.15, 0.2) is 11.0 Å². The fourth-order valence-corrected chi connectivity index (χ4v) is 1.01. The standard InChI is InChI=1S/C7H5F5N2O/c8-5(9)3-4(13)2(7(10,11)12)1-14-6(3)15/h1,5H,(H3,13,14,15). The second kappa shape index (κ2) is 3.52. The van der Waals surface area contributed by atoms with E-state index in [1.54, 1.807) is 4.98 Å². The predicted molar refractivity (Wildman–Crippen MR) is 41.4 cm³/mol. The number of H-pyrrole nitrogens is 1. The SMILES string of the molecule is Nc1c(C(F)(F)F)c[nH]c(=O)c1C(F)F. The van der Waals surface area contributed by atoms with Gasteiger partial charge in [-0.3, -0.25) is 4.79 Å². The highest BCUT2D eigenvalue weighted by Gasteiger charge is 2.36. The third-order valence-electron chi connectivity index (χ3n) is 1.70. The summed E-state index contributed by atoms with van der Waals surface area (Å²) in [7, 11) is 0. The van der Waals surface area contributed by atoms with Gasteiger partial charge in [-0.1, -0.05) is 0 Å². The molecule has 0 bridgehead atoms. The van der Waals surface area contributed by atoms with Crippen molar-refractivity contribution in [2.75, 3.05) is 5.73 Å². The van der Waals surface area contributed by atoms with E-state index in [0.717, 1.165) is 0 Å². The number of nitrogens with two attached hydrogens (primary N) is 1. The molecule has 0 radical (unpaired) electrons. The largest absolute Gasteiger partial charge is 0.419 e. The fourth-order valence-electron chi connectivity index (χ4n) is 1.01. The summed E-state index contributed by atoms with van der Waals surface area (Å²) in [6, 6.07) is 0. The fraction of sp³-hybridized carbons (Fsp3) is 0.286. The van der Waals surface area contributed by atoms with E-state index in [0.29, 0.717) is 0 Å². The van der Waals surface area contributed by atoms with Gasteiger partial charge >= 0.3 is 6.18 Å². The lowest BCUT2D eigenvalue weighted by molar-refractivity contribution is -0.137. The molecule has 3 nitrogen and oxygen atoms in total. The van der Waals surface area contributed by atoms with Crippen LogP contribution in [-0.2, 0) is 6.18 Å². The topological polar surface area (TPSA) is 58.9 Å². The highest BCUT2D eigenvalue weighted by molar-refractivity contribution is 5.53. The molecule has 84 valence electrons. The number of pyridine rings is 1. The molecule has 0 aliphatic rings. The lowest BCUT2D eigenvalue weighted by Gasteiger charge is -2.11. The first-order valence-corrected chi connectivity index (χ1v) is 3.61. The van der Waals surface area contributed by atoms with Crippen LogP contribution in [0.3, 0.4) is 0 Å². The number of anilines is 1. The maximum atomic E-state index is 12.2. The Hall–Kier alpha value is -1.60. The third-order valence-corrected chi connectivity index (χ3v) is 1.70. The van der Waals surface area contributed by atoms with Gasteiger partial charge in [0, 0.05) is 6.20 Å². The molecule has 1 heterocycles. The van der Waals surface area contributed by atoms with E-state index in [4.69, 9.17) is 5.73 Å². The first-order chi connectivity index (χ1) is 6.75. The quantitative estimate of drug-likeness (QED) is 0.721. The minimum atomic E-state index is -4.88. The van der Waals surface area contributed by atoms with Gasteiger partial charge in [0.15, 0.2) is 0 Å². The molecule has 0 aromatic carbocycles. The number of rotatable bonds is 1. The average molecular weight is 228 g/mol. The number of halogens is 5. The first kappa shape index (κ1) is 11.5. The maximum Gasteiger partial charge on any atom is 0.419 e. The molecule has 0 spiro atoms. The smallest absolute Gasteiger partial charge is 0.398 e. The Bertz CT molecular complexity index is 422. The van der Waals surface area contributed by atoms with E-state index < -0.39 is 35.0 Å². The number of aromatic nitrogens is 1. The summed E-state index contributed by atoms with van der Waals surface area (Å²) in [4.78, 5) is 12.3. The summed E-state index contributed by atoms with van der Waals surface area (Å²) < 4.78 is 60.9. The van der Waals surface area contributed by atoms with Gasteiger partial charge in [-0.25, -0.2) is 8.78 Å². The van der Waals surface area contributed by atoms with E-state index >= 15 is 0 Å². The van der Waals surface area contributed by atoms with Gasteiger partial charge in [0.25, 0.3) is 12.0 Å². The number of hydrogen-bond acceptors (Lipinski definition) is 2. The minimum Gasteiger partial charge on any atom is -0.398 e. The third kappa shape index (κ3) is 2.08. The summed E-state index contributed by atoms with van der Waals surface area (Å²) in [5.41, 5.74) is -0.539.